The molecule has 1 N–H and O–H groups in total. The molecule has 3 heterocycles. The van der Waals surface area contributed by atoms with Crippen LogP contribution in [0.25, 0.3) is 5.57 Å². The highest BCUT2D eigenvalue weighted by Gasteiger charge is 2.29. The molecule has 1 aromatic heterocycles. The summed E-state index contributed by atoms with van der Waals surface area (Å²) in [5.74, 6) is 0.988. The quantitative estimate of drug-likeness (QED) is 0.717. The lowest BCUT2D eigenvalue weighted by atomic mass is 9.90. The number of thiophene rings is 1. The summed E-state index contributed by atoms with van der Waals surface area (Å²) in [4.78, 5) is 2.67. The summed E-state index contributed by atoms with van der Waals surface area (Å²) < 4.78 is 6.29. The Morgan fingerprint density at radius 3 is 2.45 bits per heavy atom. The highest BCUT2D eigenvalue weighted by Crippen LogP contribution is 2.30. The molecule has 2 aromatic rings. The summed E-state index contributed by atoms with van der Waals surface area (Å²) in [6.45, 7) is 4.51. The molecule has 0 amide bonds. The minimum atomic E-state index is 0.355. The van der Waals surface area contributed by atoms with Gasteiger partial charge in [-0.3, -0.25) is 10.4 Å². The second kappa shape index (κ2) is 8.25. The minimum absolute atomic E-state index is 0.355. The smallest absolute Gasteiger partial charge is 0.119 e. The first-order chi connectivity index (χ1) is 14.3. The number of allylic oxidation sites excluding steroid dienone is 3. The van der Waals surface area contributed by atoms with Crippen molar-refractivity contribution in [1.29, 1.82) is 0 Å². The van der Waals surface area contributed by atoms with Crippen LogP contribution < -0.4 is 15.2 Å². The molecule has 2 aliphatic heterocycles. The van der Waals surface area contributed by atoms with Gasteiger partial charge in [-0.25, -0.2) is 0 Å². The number of hydrogen-bond donors (Lipinski definition) is 1. The van der Waals surface area contributed by atoms with Gasteiger partial charge in [-0.05, 0) is 67.8 Å². The number of nitrogens with zero attached hydrogens (tertiary/aromatic N) is 2. The van der Waals surface area contributed by atoms with E-state index in [0.29, 0.717) is 6.10 Å². The zero-order chi connectivity index (χ0) is 19.6. The molecule has 5 heteroatoms. The van der Waals surface area contributed by atoms with Crippen molar-refractivity contribution < 1.29 is 4.74 Å². The van der Waals surface area contributed by atoms with E-state index in [1.807, 2.05) is 0 Å². The van der Waals surface area contributed by atoms with Crippen molar-refractivity contribution in [1.82, 2.24) is 10.3 Å². The van der Waals surface area contributed by atoms with Crippen LogP contribution in [0, 0.1) is 0 Å². The van der Waals surface area contributed by atoms with Crippen LogP contribution in [0.15, 0.2) is 59.1 Å². The van der Waals surface area contributed by atoms with E-state index in [1.165, 1.54) is 43.5 Å². The molecule has 1 aromatic carbocycles. The normalized spacial score (nSPS) is 21.2. The van der Waals surface area contributed by atoms with Gasteiger partial charge >= 0.3 is 0 Å². The Morgan fingerprint density at radius 1 is 1.03 bits per heavy atom. The third-order valence-corrected chi connectivity index (χ3v) is 7.07. The third-order valence-electron chi connectivity index (χ3n) is 6.40. The number of nitrogens with one attached hydrogen (secondary N) is 1. The first kappa shape index (κ1) is 18.8. The third kappa shape index (κ3) is 4.07. The standard InChI is InChI=1S/C24H29N3OS/c1-18-24(11-15-27(25-18)21-12-16-29-17-21)19-5-7-22(8-6-19)28-23-9-13-26(14-10-23)20-3-2-4-20/h5-8,11-12,15-17,20,23,25H,2-4,9-10,13-14H2,1H3. The maximum atomic E-state index is 6.29. The van der Waals surface area contributed by atoms with Crippen molar-refractivity contribution in [3.05, 3.63) is 64.6 Å². The maximum absolute atomic E-state index is 6.29. The van der Waals surface area contributed by atoms with Crippen molar-refractivity contribution in [2.75, 3.05) is 18.1 Å². The van der Waals surface area contributed by atoms with E-state index in [0.717, 1.165) is 36.0 Å². The van der Waals surface area contributed by atoms with Crippen molar-refractivity contribution >= 4 is 22.6 Å². The van der Waals surface area contributed by atoms with Gasteiger partial charge in [0.2, 0.25) is 0 Å². The van der Waals surface area contributed by atoms with Gasteiger partial charge in [-0.2, -0.15) is 11.3 Å². The summed E-state index contributed by atoms with van der Waals surface area (Å²) in [5, 5.41) is 6.29. The second-order valence-corrected chi connectivity index (χ2v) is 9.06. The molecule has 4 nitrogen and oxygen atoms in total. The van der Waals surface area contributed by atoms with Gasteiger partial charge in [0.25, 0.3) is 0 Å². The van der Waals surface area contributed by atoms with Crippen LogP contribution in [0.4, 0.5) is 5.69 Å². The van der Waals surface area contributed by atoms with Gasteiger partial charge in [0.15, 0.2) is 0 Å². The van der Waals surface area contributed by atoms with Crippen molar-refractivity contribution in [2.24, 2.45) is 0 Å². The Morgan fingerprint density at radius 2 is 1.83 bits per heavy atom. The number of hydrogen-bond acceptors (Lipinski definition) is 5. The van der Waals surface area contributed by atoms with Crippen LogP contribution in [0.3, 0.4) is 0 Å². The fourth-order valence-electron chi connectivity index (χ4n) is 4.43. The summed E-state index contributed by atoms with van der Waals surface area (Å²) in [6, 6.07) is 11.6. The van der Waals surface area contributed by atoms with Crippen LogP contribution in [0.5, 0.6) is 5.75 Å². The molecular weight excluding hydrogens is 378 g/mol. The molecule has 2 fully saturated rings. The van der Waals surface area contributed by atoms with Crippen LogP contribution in [0.1, 0.15) is 44.6 Å². The molecule has 1 saturated carbocycles. The predicted octanol–water partition coefficient (Wildman–Crippen LogP) is 5.41. The number of piperidine rings is 1. The van der Waals surface area contributed by atoms with Gasteiger partial charge in [0.1, 0.15) is 11.9 Å². The van der Waals surface area contributed by atoms with Gasteiger partial charge in [0.05, 0.1) is 5.69 Å². The number of hydrazine groups is 1. The molecule has 29 heavy (non-hydrogen) atoms. The highest BCUT2D eigenvalue weighted by atomic mass is 32.1. The molecule has 1 aliphatic carbocycles. The lowest BCUT2D eigenvalue weighted by molar-refractivity contribution is 0.0493. The lowest BCUT2D eigenvalue weighted by Crippen LogP contribution is -2.46. The highest BCUT2D eigenvalue weighted by molar-refractivity contribution is 7.08. The Labute approximate surface area is 177 Å². The summed E-state index contributed by atoms with van der Waals surface area (Å²) >= 11 is 1.70. The van der Waals surface area contributed by atoms with E-state index in [4.69, 9.17) is 4.74 Å². The van der Waals surface area contributed by atoms with Gasteiger partial charge in [-0.1, -0.05) is 18.6 Å². The Hall–Kier alpha value is -2.24. The summed E-state index contributed by atoms with van der Waals surface area (Å²) in [5.41, 5.74) is 8.21. The largest absolute Gasteiger partial charge is 0.490 e. The fraction of sp³-hybridized carbons (Fsp3) is 0.417. The zero-order valence-electron chi connectivity index (χ0n) is 17.0. The number of rotatable bonds is 5. The Balaban J connectivity index is 1.18. The number of benzene rings is 1. The molecular formula is C24H29N3OS. The second-order valence-electron chi connectivity index (χ2n) is 8.28. The van der Waals surface area contributed by atoms with E-state index in [2.05, 4.69) is 75.6 Å². The van der Waals surface area contributed by atoms with Crippen molar-refractivity contribution in [3.63, 3.8) is 0 Å². The maximum Gasteiger partial charge on any atom is 0.119 e. The number of likely N-dealkylation sites (tertiary alicyclic amines) is 1. The molecule has 3 aliphatic rings. The Kier molecular flexibility index (Phi) is 5.34. The van der Waals surface area contributed by atoms with Crippen molar-refractivity contribution in [3.8, 4) is 5.75 Å². The van der Waals surface area contributed by atoms with Crippen LogP contribution >= 0.6 is 11.3 Å². The SMILES string of the molecule is CC1=C(c2ccc(OC3CCN(C4CCC4)CC3)cc2)C=CN(c2ccsc2)N1. The van der Waals surface area contributed by atoms with Crippen LogP contribution in [-0.2, 0) is 0 Å². The molecule has 5 rings (SSSR count). The first-order valence-electron chi connectivity index (χ1n) is 10.7. The van der Waals surface area contributed by atoms with E-state index >= 15 is 0 Å². The van der Waals surface area contributed by atoms with E-state index in [-0.39, 0.29) is 0 Å². The van der Waals surface area contributed by atoms with E-state index < -0.39 is 0 Å². The summed E-state index contributed by atoms with van der Waals surface area (Å²) in [7, 11) is 0. The molecule has 0 unspecified atom stereocenters. The minimum Gasteiger partial charge on any atom is -0.490 e. The average Bonchev–Trinajstić information content (AvgIpc) is 3.24. The topological polar surface area (TPSA) is 27.7 Å². The monoisotopic (exact) mass is 407 g/mol. The van der Waals surface area contributed by atoms with Gasteiger partial charge in [-0.15, -0.1) is 0 Å². The fourth-order valence-corrected chi connectivity index (χ4v) is 5.05. The summed E-state index contributed by atoms with van der Waals surface area (Å²) in [6.07, 6.45) is 11.1. The molecule has 0 spiro atoms. The van der Waals surface area contributed by atoms with Gasteiger partial charge < -0.3 is 9.64 Å². The lowest BCUT2D eigenvalue weighted by Gasteiger charge is -2.41. The molecule has 0 atom stereocenters. The van der Waals surface area contributed by atoms with Crippen LogP contribution in [0.2, 0.25) is 0 Å². The van der Waals surface area contributed by atoms with Crippen LogP contribution in [-0.4, -0.2) is 30.1 Å². The Bertz CT molecular complexity index is 875. The number of anilines is 1. The molecule has 152 valence electrons. The molecule has 0 radical (unpaired) electrons. The zero-order valence-corrected chi connectivity index (χ0v) is 17.8. The van der Waals surface area contributed by atoms with Gasteiger partial charge in [0, 0.05) is 42.0 Å². The van der Waals surface area contributed by atoms with E-state index in [9.17, 15) is 0 Å². The number of ether oxygens (including phenoxy) is 1. The van der Waals surface area contributed by atoms with Crippen molar-refractivity contribution in [2.45, 2.75) is 51.2 Å². The first-order valence-corrected chi connectivity index (χ1v) is 11.7. The predicted molar refractivity (Wildman–Crippen MR) is 121 cm³/mol. The molecule has 0 bridgehead atoms. The molecule has 1 saturated heterocycles. The van der Waals surface area contributed by atoms with E-state index in [1.54, 1.807) is 11.3 Å². The average molecular weight is 408 g/mol.